The maximum Gasteiger partial charge on any atom is 0.230 e. The SMILES string of the molecule is CC1=Cc2c(ccc(Oc3ccnc(Nc4cccc(CN5CCC(CCO)CC5)c4)n3)c2F)C1. The lowest BCUT2D eigenvalue weighted by atomic mass is 9.94. The van der Waals surface area contributed by atoms with Gasteiger partial charge in [0.2, 0.25) is 11.8 Å². The lowest BCUT2D eigenvalue weighted by molar-refractivity contribution is 0.153. The van der Waals surface area contributed by atoms with Crippen LogP contribution >= 0.6 is 0 Å². The Balaban J connectivity index is 1.23. The molecule has 6 nitrogen and oxygen atoms in total. The highest BCUT2D eigenvalue weighted by atomic mass is 19.1. The van der Waals surface area contributed by atoms with Gasteiger partial charge in [0.05, 0.1) is 0 Å². The van der Waals surface area contributed by atoms with Gasteiger partial charge in [0, 0.05) is 36.7 Å². The molecule has 0 radical (unpaired) electrons. The zero-order valence-electron chi connectivity index (χ0n) is 20.0. The Hall–Kier alpha value is -3.29. The van der Waals surface area contributed by atoms with Crippen molar-refractivity contribution >= 4 is 17.7 Å². The molecule has 5 rings (SSSR count). The van der Waals surface area contributed by atoms with Crippen molar-refractivity contribution in [2.45, 2.75) is 39.2 Å². The number of aliphatic hydroxyl groups is 1. The summed E-state index contributed by atoms with van der Waals surface area (Å²) in [5.41, 5.74) is 4.82. The van der Waals surface area contributed by atoms with Gasteiger partial charge in [-0.2, -0.15) is 4.98 Å². The summed E-state index contributed by atoms with van der Waals surface area (Å²) in [6, 6.07) is 13.4. The Labute approximate surface area is 205 Å². The first kappa shape index (κ1) is 23.5. The normalized spacial score (nSPS) is 16.1. The number of aliphatic hydroxyl groups excluding tert-OH is 1. The van der Waals surface area contributed by atoms with Crippen LogP contribution in [0.25, 0.3) is 6.08 Å². The largest absolute Gasteiger partial charge is 0.436 e. The van der Waals surface area contributed by atoms with Crippen LogP contribution in [0.15, 0.2) is 54.2 Å². The average molecular weight is 475 g/mol. The molecule has 1 aliphatic heterocycles. The van der Waals surface area contributed by atoms with Crippen molar-refractivity contribution in [3.63, 3.8) is 0 Å². The van der Waals surface area contributed by atoms with Crippen molar-refractivity contribution in [1.82, 2.24) is 14.9 Å². The fourth-order valence-electron chi connectivity index (χ4n) is 4.92. The van der Waals surface area contributed by atoms with Crippen molar-refractivity contribution in [2.75, 3.05) is 25.0 Å². The second-order valence-corrected chi connectivity index (χ2v) is 9.50. The standard InChI is InChI=1S/C28H31FN4O2/c1-19-15-22-5-6-25(27(29)24(22)16-19)35-26-7-11-30-28(32-26)31-23-4-2-3-21(17-23)18-33-12-8-20(9-13-33)10-14-34/h2-7,11,16-17,20,34H,8-10,12-15,18H2,1H3,(H,30,31,32). The van der Waals surface area contributed by atoms with Gasteiger partial charge in [-0.05, 0) is 80.9 Å². The molecule has 2 heterocycles. The van der Waals surface area contributed by atoms with E-state index in [1.807, 2.05) is 31.2 Å². The number of hydrogen-bond acceptors (Lipinski definition) is 6. The number of likely N-dealkylation sites (tertiary alicyclic amines) is 1. The summed E-state index contributed by atoms with van der Waals surface area (Å²) in [5, 5.41) is 12.4. The van der Waals surface area contributed by atoms with Crippen LogP contribution in [-0.2, 0) is 13.0 Å². The molecular weight excluding hydrogens is 443 g/mol. The van der Waals surface area contributed by atoms with E-state index in [1.165, 1.54) is 5.56 Å². The smallest absolute Gasteiger partial charge is 0.230 e. The zero-order valence-corrected chi connectivity index (χ0v) is 20.0. The van der Waals surface area contributed by atoms with E-state index in [0.717, 1.165) is 62.1 Å². The van der Waals surface area contributed by atoms with E-state index >= 15 is 0 Å². The summed E-state index contributed by atoms with van der Waals surface area (Å²) >= 11 is 0. The summed E-state index contributed by atoms with van der Waals surface area (Å²) in [6.07, 6.45) is 7.43. The number of hydrogen-bond donors (Lipinski definition) is 2. The molecule has 0 bridgehead atoms. The number of halogens is 1. The Morgan fingerprint density at radius 1 is 1.17 bits per heavy atom. The molecule has 1 aromatic heterocycles. The lowest BCUT2D eigenvalue weighted by Gasteiger charge is -2.31. The fraction of sp³-hybridized carbons (Fsp3) is 0.357. The van der Waals surface area contributed by atoms with Crippen LogP contribution in [0.1, 0.15) is 42.9 Å². The minimum absolute atomic E-state index is 0.157. The highest BCUT2D eigenvalue weighted by Crippen LogP contribution is 2.34. The van der Waals surface area contributed by atoms with Gasteiger partial charge in [-0.25, -0.2) is 9.37 Å². The number of rotatable bonds is 8. The van der Waals surface area contributed by atoms with Crippen LogP contribution in [0.2, 0.25) is 0 Å². The lowest BCUT2D eigenvalue weighted by Crippen LogP contribution is -2.33. The Kier molecular flexibility index (Phi) is 7.06. The van der Waals surface area contributed by atoms with Gasteiger partial charge in [-0.15, -0.1) is 0 Å². The average Bonchev–Trinajstić information content (AvgIpc) is 3.24. The van der Waals surface area contributed by atoms with Gasteiger partial charge in [-0.3, -0.25) is 4.90 Å². The van der Waals surface area contributed by atoms with Gasteiger partial charge in [0.15, 0.2) is 11.6 Å². The summed E-state index contributed by atoms with van der Waals surface area (Å²) < 4.78 is 20.7. The number of nitrogens with one attached hydrogen (secondary N) is 1. The van der Waals surface area contributed by atoms with Crippen molar-refractivity contribution in [2.24, 2.45) is 5.92 Å². The predicted octanol–water partition coefficient (Wildman–Crippen LogP) is 5.71. The van der Waals surface area contributed by atoms with Crippen LogP contribution < -0.4 is 10.1 Å². The summed E-state index contributed by atoms with van der Waals surface area (Å²) in [5.74, 6) is 1.11. The van der Waals surface area contributed by atoms with E-state index in [2.05, 4.69) is 32.3 Å². The molecule has 0 amide bonds. The molecule has 0 saturated carbocycles. The van der Waals surface area contributed by atoms with E-state index in [-0.39, 0.29) is 24.1 Å². The molecule has 7 heteroatoms. The molecule has 0 spiro atoms. The second kappa shape index (κ2) is 10.5. The molecule has 182 valence electrons. The number of piperidine rings is 1. The van der Waals surface area contributed by atoms with Crippen LogP contribution in [0.5, 0.6) is 11.6 Å². The molecule has 1 fully saturated rings. The molecule has 2 N–H and O–H groups in total. The van der Waals surface area contributed by atoms with E-state index in [1.54, 1.807) is 18.3 Å². The molecule has 2 aromatic carbocycles. The third-order valence-electron chi connectivity index (χ3n) is 6.77. The number of nitrogens with zero attached hydrogens (tertiary/aromatic N) is 3. The first-order chi connectivity index (χ1) is 17.1. The Bertz CT molecular complexity index is 1220. The van der Waals surface area contributed by atoms with Crippen LogP contribution in [0.3, 0.4) is 0 Å². The molecule has 0 atom stereocenters. The van der Waals surface area contributed by atoms with Crippen LogP contribution in [0, 0.1) is 11.7 Å². The number of allylic oxidation sites excluding steroid dienone is 1. The third kappa shape index (κ3) is 5.69. The first-order valence-electron chi connectivity index (χ1n) is 12.3. The maximum atomic E-state index is 14.9. The number of anilines is 2. The summed E-state index contributed by atoms with van der Waals surface area (Å²) in [6.45, 7) is 5.28. The number of ether oxygens (including phenoxy) is 1. The molecule has 35 heavy (non-hydrogen) atoms. The summed E-state index contributed by atoms with van der Waals surface area (Å²) in [7, 11) is 0. The highest BCUT2D eigenvalue weighted by molar-refractivity contribution is 5.65. The molecule has 2 aliphatic rings. The highest BCUT2D eigenvalue weighted by Gasteiger charge is 2.20. The molecule has 1 saturated heterocycles. The maximum absolute atomic E-state index is 14.9. The molecule has 3 aromatic rings. The van der Waals surface area contributed by atoms with Crippen molar-refractivity contribution < 1.29 is 14.2 Å². The van der Waals surface area contributed by atoms with E-state index in [4.69, 9.17) is 9.84 Å². The van der Waals surface area contributed by atoms with Crippen molar-refractivity contribution in [3.05, 3.63) is 76.7 Å². The number of fused-ring (bicyclic) bond motifs is 1. The monoisotopic (exact) mass is 474 g/mol. The van der Waals surface area contributed by atoms with Gasteiger partial charge < -0.3 is 15.2 Å². The van der Waals surface area contributed by atoms with Gasteiger partial charge in [0.25, 0.3) is 0 Å². The first-order valence-corrected chi connectivity index (χ1v) is 12.3. The minimum atomic E-state index is -0.361. The van der Waals surface area contributed by atoms with E-state index in [9.17, 15) is 4.39 Å². The molecule has 1 aliphatic carbocycles. The number of benzene rings is 2. The second-order valence-electron chi connectivity index (χ2n) is 9.50. The van der Waals surface area contributed by atoms with E-state index in [0.29, 0.717) is 17.4 Å². The zero-order chi connectivity index (χ0) is 24.2. The summed E-state index contributed by atoms with van der Waals surface area (Å²) in [4.78, 5) is 11.2. The van der Waals surface area contributed by atoms with Gasteiger partial charge in [-0.1, -0.05) is 29.8 Å². The third-order valence-corrected chi connectivity index (χ3v) is 6.77. The van der Waals surface area contributed by atoms with Crippen molar-refractivity contribution in [3.8, 4) is 11.6 Å². The quantitative estimate of drug-likeness (QED) is 0.436. The van der Waals surface area contributed by atoms with Gasteiger partial charge >= 0.3 is 0 Å². The van der Waals surface area contributed by atoms with E-state index < -0.39 is 0 Å². The fourth-order valence-corrected chi connectivity index (χ4v) is 4.92. The minimum Gasteiger partial charge on any atom is -0.436 e. The Morgan fingerprint density at radius 3 is 2.86 bits per heavy atom. The predicted molar refractivity (Wildman–Crippen MR) is 135 cm³/mol. The number of aromatic nitrogens is 2. The van der Waals surface area contributed by atoms with Crippen molar-refractivity contribution in [1.29, 1.82) is 0 Å². The Morgan fingerprint density at radius 2 is 2.03 bits per heavy atom. The van der Waals surface area contributed by atoms with Gasteiger partial charge in [0.1, 0.15) is 0 Å². The van der Waals surface area contributed by atoms with Crippen LogP contribution in [-0.4, -0.2) is 39.7 Å². The topological polar surface area (TPSA) is 70.5 Å². The van der Waals surface area contributed by atoms with Crippen LogP contribution in [0.4, 0.5) is 16.0 Å². The molecular formula is C28H31FN4O2. The molecule has 0 unspecified atom stereocenters.